The van der Waals surface area contributed by atoms with Gasteiger partial charge < -0.3 is 13.7 Å². The number of nitriles is 1. The molecule has 98 valence electrons. The molecule has 3 rings (SSSR count). The van der Waals surface area contributed by atoms with Gasteiger partial charge >= 0.3 is 0 Å². The van der Waals surface area contributed by atoms with E-state index in [0.29, 0.717) is 28.5 Å². The minimum Gasteiger partial charge on any atom is -0.486 e. The predicted molar refractivity (Wildman–Crippen MR) is 69.7 cm³/mol. The third kappa shape index (κ3) is 2.40. The number of ether oxygens (including phenoxy) is 1. The summed E-state index contributed by atoms with van der Waals surface area (Å²) in [6.45, 7) is 0.225. The highest BCUT2D eigenvalue weighted by molar-refractivity contribution is 5.49. The molecular weight excluding hydrogens is 256 g/mol. The molecule has 0 aliphatic rings. The van der Waals surface area contributed by atoms with Gasteiger partial charge in [-0.3, -0.25) is 0 Å². The van der Waals surface area contributed by atoms with Crippen molar-refractivity contribution in [3.8, 4) is 23.3 Å². The van der Waals surface area contributed by atoms with Crippen molar-refractivity contribution in [1.82, 2.24) is 5.16 Å². The largest absolute Gasteiger partial charge is 0.486 e. The molecule has 5 heteroatoms. The molecule has 0 saturated heterocycles. The Morgan fingerprint density at radius 3 is 2.85 bits per heavy atom. The number of hydrogen-bond donors (Lipinski definition) is 0. The predicted octanol–water partition coefficient (Wildman–Crippen LogP) is 3.39. The highest BCUT2D eigenvalue weighted by Gasteiger charge is 2.10. The summed E-state index contributed by atoms with van der Waals surface area (Å²) in [6, 6.07) is 14.4. The van der Waals surface area contributed by atoms with Crippen LogP contribution in [0.15, 0.2) is 57.7 Å². The first-order valence-electron chi connectivity index (χ1n) is 5.98. The number of benzene rings is 1. The van der Waals surface area contributed by atoms with Gasteiger partial charge in [0, 0.05) is 6.07 Å². The van der Waals surface area contributed by atoms with E-state index < -0.39 is 0 Å². The first kappa shape index (κ1) is 12.1. The molecule has 0 spiro atoms. The number of hydrogen-bond acceptors (Lipinski definition) is 5. The Balaban J connectivity index is 1.72. The fourth-order valence-electron chi connectivity index (χ4n) is 1.75. The average Bonchev–Trinajstić information content (AvgIpc) is 3.16. The van der Waals surface area contributed by atoms with E-state index >= 15 is 0 Å². The summed E-state index contributed by atoms with van der Waals surface area (Å²) in [5, 5.41) is 12.9. The second-order valence-electron chi connectivity index (χ2n) is 4.06. The van der Waals surface area contributed by atoms with Gasteiger partial charge in [-0.25, -0.2) is 0 Å². The van der Waals surface area contributed by atoms with Crippen LogP contribution in [-0.4, -0.2) is 5.16 Å². The van der Waals surface area contributed by atoms with Crippen molar-refractivity contribution in [3.05, 3.63) is 60.0 Å². The SMILES string of the molecule is N#Cc1ccccc1OCc1cc(-c2ccco2)on1. The Morgan fingerprint density at radius 2 is 2.05 bits per heavy atom. The van der Waals surface area contributed by atoms with E-state index in [-0.39, 0.29) is 6.61 Å². The lowest BCUT2D eigenvalue weighted by Gasteiger charge is -2.04. The van der Waals surface area contributed by atoms with Crippen LogP contribution in [-0.2, 0) is 6.61 Å². The van der Waals surface area contributed by atoms with Crippen LogP contribution in [0.1, 0.15) is 11.3 Å². The normalized spacial score (nSPS) is 10.2. The summed E-state index contributed by atoms with van der Waals surface area (Å²) in [5.74, 6) is 1.68. The van der Waals surface area contributed by atoms with Gasteiger partial charge in [-0.05, 0) is 24.3 Å². The zero-order valence-electron chi connectivity index (χ0n) is 10.4. The highest BCUT2D eigenvalue weighted by Crippen LogP contribution is 2.22. The number of nitrogens with zero attached hydrogens (tertiary/aromatic N) is 2. The topological polar surface area (TPSA) is 72.2 Å². The van der Waals surface area contributed by atoms with Gasteiger partial charge in [0.15, 0.2) is 5.76 Å². The minimum absolute atomic E-state index is 0.225. The summed E-state index contributed by atoms with van der Waals surface area (Å²) < 4.78 is 15.9. The lowest BCUT2D eigenvalue weighted by Crippen LogP contribution is -1.97. The smallest absolute Gasteiger partial charge is 0.202 e. The van der Waals surface area contributed by atoms with Crippen molar-refractivity contribution >= 4 is 0 Å². The van der Waals surface area contributed by atoms with Gasteiger partial charge in [0.05, 0.1) is 11.8 Å². The van der Waals surface area contributed by atoms with Gasteiger partial charge in [-0.2, -0.15) is 5.26 Å². The first-order chi connectivity index (χ1) is 9.86. The van der Waals surface area contributed by atoms with Crippen LogP contribution >= 0.6 is 0 Å². The summed E-state index contributed by atoms with van der Waals surface area (Å²) >= 11 is 0. The summed E-state index contributed by atoms with van der Waals surface area (Å²) in [5.41, 5.74) is 1.12. The molecular formula is C15H10N2O3. The van der Waals surface area contributed by atoms with Crippen LogP contribution in [0.2, 0.25) is 0 Å². The van der Waals surface area contributed by atoms with E-state index in [2.05, 4.69) is 11.2 Å². The summed E-state index contributed by atoms with van der Waals surface area (Å²) in [4.78, 5) is 0. The van der Waals surface area contributed by atoms with E-state index in [9.17, 15) is 0 Å². The third-order valence-electron chi connectivity index (χ3n) is 2.71. The summed E-state index contributed by atoms with van der Waals surface area (Å²) in [6.07, 6.45) is 1.57. The number of para-hydroxylation sites is 1. The molecule has 20 heavy (non-hydrogen) atoms. The fourth-order valence-corrected chi connectivity index (χ4v) is 1.75. The van der Waals surface area contributed by atoms with Gasteiger partial charge in [-0.15, -0.1) is 0 Å². The Bertz CT molecular complexity index is 739. The molecule has 0 saturated carbocycles. The molecule has 0 fully saturated rings. The van der Waals surface area contributed by atoms with Crippen molar-refractivity contribution in [2.24, 2.45) is 0 Å². The molecule has 0 unspecified atom stereocenters. The Kier molecular flexibility index (Phi) is 3.21. The maximum Gasteiger partial charge on any atom is 0.202 e. The quantitative estimate of drug-likeness (QED) is 0.723. The van der Waals surface area contributed by atoms with E-state index in [1.165, 1.54) is 0 Å². The van der Waals surface area contributed by atoms with Crippen molar-refractivity contribution < 1.29 is 13.7 Å². The molecule has 0 aliphatic carbocycles. The van der Waals surface area contributed by atoms with Crippen LogP contribution in [0.4, 0.5) is 0 Å². The summed E-state index contributed by atoms with van der Waals surface area (Å²) in [7, 11) is 0. The lowest BCUT2D eigenvalue weighted by molar-refractivity contribution is 0.289. The van der Waals surface area contributed by atoms with Crippen LogP contribution in [0.5, 0.6) is 5.75 Å². The Labute approximate surface area is 115 Å². The van der Waals surface area contributed by atoms with Gasteiger partial charge in [0.2, 0.25) is 5.76 Å². The first-order valence-corrected chi connectivity index (χ1v) is 5.98. The molecule has 0 radical (unpaired) electrons. The lowest BCUT2D eigenvalue weighted by atomic mass is 10.2. The van der Waals surface area contributed by atoms with E-state index in [4.69, 9.17) is 18.9 Å². The minimum atomic E-state index is 0.225. The Morgan fingerprint density at radius 1 is 1.15 bits per heavy atom. The van der Waals surface area contributed by atoms with E-state index in [1.807, 2.05) is 6.07 Å². The second-order valence-corrected chi connectivity index (χ2v) is 4.06. The molecule has 3 aromatic rings. The maximum atomic E-state index is 8.97. The standard InChI is InChI=1S/C15H10N2O3/c16-9-11-4-1-2-5-13(11)19-10-12-8-15(20-17-12)14-6-3-7-18-14/h1-8H,10H2. The van der Waals surface area contributed by atoms with Crippen LogP contribution in [0.3, 0.4) is 0 Å². The van der Waals surface area contributed by atoms with Gasteiger partial charge in [0.1, 0.15) is 24.1 Å². The maximum absolute atomic E-state index is 8.97. The Hall–Kier alpha value is -3.00. The molecule has 0 atom stereocenters. The molecule has 2 aromatic heterocycles. The number of rotatable bonds is 4. The van der Waals surface area contributed by atoms with E-state index in [0.717, 1.165) is 0 Å². The van der Waals surface area contributed by atoms with Crippen molar-refractivity contribution in [3.63, 3.8) is 0 Å². The molecule has 2 heterocycles. The van der Waals surface area contributed by atoms with Crippen LogP contribution in [0.25, 0.3) is 11.5 Å². The third-order valence-corrected chi connectivity index (χ3v) is 2.71. The van der Waals surface area contributed by atoms with Crippen LogP contribution in [0, 0.1) is 11.3 Å². The van der Waals surface area contributed by atoms with Crippen molar-refractivity contribution in [2.45, 2.75) is 6.61 Å². The van der Waals surface area contributed by atoms with Crippen molar-refractivity contribution in [2.75, 3.05) is 0 Å². The molecule has 5 nitrogen and oxygen atoms in total. The van der Waals surface area contributed by atoms with Gasteiger partial charge in [0.25, 0.3) is 0 Å². The molecule has 0 amide bonds. The zero-order chi connectivity index (χ0) is 13.8. The highest BCUT2D eigenvalue weighted by atomic mass is 16.5. The average molecular weight is 266 g/mol. The molecule has 0 N–H and O–H groups in total. The van der Waals surface area contributed by atoms with Gasteiger partial charge in [-0.1, -0.05) is 17.3 Å². The molecule has 0 aliphatic heterocycles. The fraction of sp³-hybridized carbons (Fsp3) is 0.0667. The molecule has 0 bridgehead atoms. The van der Waals surface area contributed by atoms with Crippen molar-refractivity contribution in [1.29, 1.82) is 5.26 Å². The second kappa shape index (κ2) is 5.33. The molecule has 1 aromatic carbocycles. The van der Waals surface area contributed by atoms with Crippen LogP contribution < -0.4 is 4.74 Å². The number of furan rings is 1. The number of aromatic nitrogens is 1. The monoisotopic (exact) mass is 266 g/mol. The zero-order valence-corrected chi connectivity index (χ0v) is 10.4. The van der Waals surface area contributed by atoms with E-state index in [1.54, 1.807) is 42.7 Å².